The highest BCUT2D eigenvalue weighted by molar-refractivity contribution is 9.10. The molecule has 1 aromatic heterocycles. The summed E-state index contributed by atoms with van der Waals surface area (Å²) in [5.74, 6) is -0.424. The number of hydrogen-bond donors (Lipinski definition) is 1. The number of alkyl halides is 2. The molecule has 0 saturated heterocycles. The minimum atomic E-state index is -2.99. The zero-order valence-corrected chi connectivity index (χ0v) is 12.5. The van der Waals surface area contributed by atoms with Crippen LogP contribution >= 0.6 is 15.9 Å². The highest BCUT2D eigenvalue weighted by atomic mass is 79.9. The molecular formula is C14H11BrF2N2O2. The predicted octanol–water partition coefficient (Wildman–Crippen LogP) is 4.01. The fourth-order valence-corrected chi connectivity index (χ4v) is 1.87. The Morgan fingerprint density at radius 2 is 2.00 bits per heavy atom. The molecule has 1 amide bonds. The second kappa shape index (κ2) is 6.62. The number of halogens is 3. The van der Waals surface area contributed by atoms with Crippen LogP contribution < -0.4 is 10.1 Å². The molecule has 0 fully saturated rings. The van der Waals surface area contributed by atoms with E-state index in [1.165, 1.54) is 18.2 Å². The fourth-order valence-electron chi connectivity index (χ4n) is 1.65. The molecule has 7 heteroatoms. The minimum absolute atomic E-state index is 0.0140. The van der Waals surface area contributed by atoms with Gasteiger partial charge in [0.25, 0.3) is 5.91 Å². The molecule has 1 aromatic carbocycles. The van der Waals surface area contributed by atoms with Crippen LogP contribution in [0.15, 0.2) is 40.9 Å². The van der Waals surface area contributed by atoms with E-state index in [1.807, 2.05) is 0 Å². The molecule has 0 bridgehead atoms. The van der Waals surface area contributed by atoms with Gasteiger partial charge in [-0.15, -0.1) is 0 Å². The molecule has 0 unspecified atom stereocenters. The van der Waals surface area contributed by atoms with E-state index in [-0.39, 0.29) is 11.3 Å². The maximum atomic E-state index is 12.3. The Labute approximate surface area is 128 Å². The standard InChI is InChI=1S/C14H11BrF2N2O2/c1-8-10(15)6-7-12(18-8)19-13(20)9-4-2-3-5-11(9)21-14(16)17/h2-7,14H,1H3,(H,18,19,20). The number of hydrogen-bond acceptors (Lipinski definition) is 3. The van der Waals surface area contributed by atoms with Gasteiger partial charge >= 0.3 is 6.61 Å². The van der Waals surface area contributed by atoms with Gasteiger partial charge in [0.05, 0.1) is 11.3 Å². The first kappa shape index (κ1) is 15.4. The molecule has 0 aliphatic rings. The number of carbonyl (C=O) groups excluding carboxylic acids is 1. The minimum Gasteiger partial charge on any atom is -0.434 e. The normalized spacial score (nSPS) is 10.5. The van der Waals surface area contributed by atoms with Crippen LogP contribution in [-0.2, 0) is 0 Å². The molecule has 2 aromatic rings. The molecular weight excluding hydrogens is 346 g/mol. The molecule has 1 heterocycles. The predicted molar refractivity (Wildman–Crippen MR) is 77.7 cm³/mol. The number of aromatic nitrogens is 1. The van der Waals surface area contributed by atoms with Gasteiger partial charge in [-0.3, -0.25) is 4.79 Å². The molecule has 110 valence electrons. The zero-order valence-electron chi connectivity index (χ0n) is 10.9. The topological polar surface area (TPSA) is 51.2 Å². The van der Waals surface area contributed by atoms with Crippen molar-refractivity contribution in [3.05, 3.63) is 52.1 Å². The maximum Gasteiger partial charge on any atom is 0.387 e. The summed E-state index contributed by atoms with van der Waals surface area (Å²) in [5, 5.41) is 2.54. The second-order valence-electron chi connectivity index (χ2n) is 4.09. The molecule has 2 rings (SSSR count). The lowest BCUT2D eigenvalue weighted by atomic mass is 10.2. The average Bonchev–Trinajstić information content (AvgIpc) is 2.43. The van der Waals surface area contributed by atoms with Crippen molar-refractivity contribution in [3.8, 4) is 5.75 Å². The van der Waals surface area contributed by atoms with Crippen molar-refractivity contribution in [2.24, 2.45) is 0 Å². The number of benzene rings is 1. The number of para-hydroxylation sites is 1. The molecule has 0 spiro atoms. The van der Waals surface area contributed by atoms with Crippen molar-refractivity contribution in [2.75, 3.05) is 5.32 Å². The van der Waals surface area contributed by atoms with Gasteiger partial charge in [0.2, 0.25) is 0 Å². The van der Waals surface area contributed by atoms with Gasteiger partial charge in [0, 0.05) is 4.47 Å². The first-order valence-electron chi connectivity index (χ1n) is 5.95. The highest BCUT2D eigenvalue weighted by Gasteiger charge is 2.15. The van der Waals surface area contributed by atoms with Gasteiger partial charge in [-0.25, -0.2) is 4.98 Å². The largest absolute Gasteiger partial charge is 0.434 e. The smallest absolute Gasteiger partial charge is 0.387 e. The monoisotopic (exact) mass is 356 g/mol. The van der Waals surface area contributed by atoms with Crippen LogP contribution in [-0.4, -0.2) is 17.5 Å². The van der Waals surface area contributed by atoms with Crippen LogP contribution in [0.25, 0.3) is 0 Å². The molecule has 4 nitrogen and oxygen atoms in total. The van der Waals surface area contributed by atoms with Gasteiger partial charge in [0.15, 0.2) is 0 Å². The van der Waals surface area contributed by atoms with Crippen molar-refractivity contribution in [1.82, 2.24) is 4.98 Å². The third-order valence-electron chi connectivity index (χ3n) is 2.61. The van der Waals surface area contributed by atoms with Crippen LogP contribution in [0.3, 0.4) is 0 Å². The fraction of sp³-hybridized carbons (Fsp3) is 0.143. The van der Waals surface area contributed by atoms with Crippen LogP contribution in [0.2, 0.25) is 0 Å². The summed E-state index contributed by atoms with van der Waals surface area (Å²) in [7, 11) is 0. The molecule has 0 aliphatic carbocycles. The van der Waals surface area contributed by atoms with E-state index in [1.54, 1.807) is 25.1 Å². The first-order chi connectivity index (χ1) is 9.97. The van der Waals surface area contributed by atoms with Crippen LogP contribution in [0.4, 0.5) is 14.6 Å². The van der Waals surface area contributed by atoms with E-state index >= 15 is 0 Å². The maximum absolute atomic E-state index is 12.3. The van der Waals surface area contributed by atoms with Gasteiger partial charge < -0.3 is 10.1 Å². The van der Waals surface area contributed by atoms with E-state index < -0.39 is 12.5 Å². The number of ether oxygens (including phenoxy) is 1. The second-order valence-corrected chi connectivity index (χ2v) is 4.95. The summed E-state index contributed by atoms with van der Waals surface area (Å²) in [6.07, 6.45) is 0. The third kappa shape index (κ3) is 3.98. The summed E-state index contributed by atoms with van der Waals surface area (Å²) in [4.78, 5) is 16.3. The van der Waals surface area contributed by atoms with E-state index in [9.17, 15) is 13.6 Å². The number of nitrogens with one attached hydrogen (secondary N) is 1. The molecule has 0 radical (unpaired) electrons. The van der Waals surface area contributed by atoms with E-state index in [0.717, 1.165) is 4.47 Å². The van der Waals surface area contributed by atoms with E-state index in [0.29, 0.717) is 11.5 Å². The molecule has 0 saturated carbocycles. The van der Waals surface area contributed by atoms with E-state index in [4.69, 9.17) is 0 Å². The van der Waals surface area contributed by atoms with Crippen molar-refractivity contribution < 1.29 is 18.3 Å². The summed E-state index contributed by atoms with van der Waals surface area (Å²) in [5.41, 5.74) is 0.713. The summed E-state index contributed by atoms with van der Waals surface area (Å²) in [6, 6.07) is 9.12. The van der Waals surface area contributed by atoms with Gasteiger partial charge in [-0.2, -0.15) is 8.78 Å². The lowest BCUT2D eigenvalue weighted by Crippen LogP contribution is -2.15. The molecule has 0 aliphatic heterocycles. The van der Waals surface area contributed by atoms with Crippen molar-refractivity contribution in [2.45, 2.75) is 13.5 Å². The number of rotatable bonds is 4. The molecule has 21 heavy (non-hydrogen) atoms. The summed E-state index contributed by atoms with van der Waals surface area (Å²) in [6.45, 7) is -1.22. The lowest BCUT2D eigenvalue weighted by Gasteiger charge is -2.11. The quantitative estimate of drug-likeness (QED) is 0.900. The Morgan fingerprint density at radius 1 is 1.29 bits per heavy atom. The number of amides is 1. The first-order valence-corrected chi connectivity index (χ1v) is 6.75. The van der Waals surface area contributed by atoms with Crippen molar-refractivity contribution in [1.29, 1.82) is 0 Å². The summed E-state index contributed by atoms with van der Waals surface area (Å²) < 4.78 is 29.8. The number of pyridine rings is 1. The van der Waals surface area contributed by atoms with Gasteiger partial charge in [0.1, 0.15) is 11.6 Å². The third-order valence-corrected chi connectivity index (χ3v) is 3.45. The Kier molecular flexibility index (Phi) is 4.85. The van der Waals surface area contributed by atoms with E-state index in [2.05, 4.69) is 31.0 Å². The zero-order chi connectivity index (χ0) is 15.4. The SMILES string of the molecule is Cc1nc(NC(=O)c2ccccc2OC(F)F)ccc1Br. The van der Waals surface area contributed by atoms with Crippen molar-refractivity contribution in [3.63, 3.8) is 0 Å². The lowest BCUT2D eigenvalue weighted by molar-refractivity contribution is -0.0501. The summed E-state index contributed by atoms with van der Waals surface area (Å²) >= 11 is 3.30. The van der Waals surface area contributed by atoms with Gasteiger partial charge in [-0.05, 0) is 47.1 Å². The number of anilines is 1. The van der Waals surface area contributed by atoms with Crippen molar-refractivity contribution >= 4 is 27.7 Å². The van der Waals surface area contributed by atoms with Gasteiger partial charge in [-0.1, -0.05) is 12.1 Å². The van der Waals surface area contributed by atoms with Crippen LogP contribution in [0.5, 0.6) is 5.75 Å². The van der Waals surface area contributed by atoms with Crippen LogP contribution in [0, 0.1) is 6.92 Å². The number of nitrogens with zero attached hydrogens (tertiary/aromatic N) is 1. The Morgan fingerprint density at radius 3 is 2.67 bits per heavy atom. The van der Waals surface area contributed by atoms with Crippen LogP contribution in [0.1, 0.15) is 16.1 Å². The Bertz CT molecular complexity index is 665. The number of aryl methyl sites for hydroxylation is 1. The highest BCUT2D eigenvalue weighted by Crippen LogP contribution is 2.22. The Balaban J connectivity index is 2.22. The average molecular weight is 357 g/mol. The molecule has 1 N–H and O–H groups in total. The Hall–Kier alpha value is -2.02. The molecule has 0 atom stereocenters. The number of carbonyl (C=O) groups is 1.